The van der Waals surface area contributed by atoms with Gasteiger partial charge < -0.3 is 21.1 Å². The van der Waals surface area contributed by atoms with Crippen LogP contribution in [-0.2, 0) is 0 Å². The zero-order chi connectivity index (χ0) is 12.8. The average molecular weight is 233 g/mol. The third-order valence-corrected chi connectivity index (χ3v) is 2.17. The summed E-state index contributed by atoms with van der Waals surface area (Å²) in [6, 6.07) is 11.1. The van der Waals surface area contributed by atoms with Gasteiger partial charge in [0.05, 0.1) is 0 Å². The molecule has 0 aliphatic heterocycles. The van der Waals surface area contributed by atoms with Gasteiger partial charge in [-0.2, -0.15) is 0 Å². The summed E-state index contributed by atoms with van der Waals surface area (Å²) >= 11 is 0. The molecule has 0 aromatic heterocycles. The highest BCUT2D eigenvalue weighted by Crippen LogP contribution is 2.23. The van der Waals surface area contributed by atoms with Crippen LogP contribution >= 0.6 is 0 Å². The molecule has 0 heterocycles. The second-order valence-corrected chi connectivity index (χ2v) is 3.51. The summed E-state index contributed by atoms with van der Waals surface area (Å²) in [6.45, 7) is 1.66. The van der Waals surface area contributed by atoms with Gasteiger partial charge in [0, 0.05) is 11.3 Å². The first-order valence-corrected chi connectivity index (χ1v) is 5.02. The van der Waals surface area contributed by atoms with Crippen molar-refractivity contribution in [2.75, 3.05) is 5.73 Å². The van der Waals surface area contributed by atoms with Gasteiger partial charge in [0.15, 0.2) is 0 Å². The van der Waals surface area contributed by atoms with Gasteiger partial charge in [-0.05, 0) is 43.3 Å². The number of nitrogens with two attached hydrogens (primary N) is 1. The van der Waals surface area contributed by atoms with Crippen LogP contribution in [0.2, 0.25) is 0 Å². The largest absolute Gasteiger partial charge is 0.508 e. The lowest BCUT2D eigenvalue weighted by Gasteiger charge is -1.98. The van der Waals surface area contributed by atoms with E-state index < -0.39 is 0 Å². The van der Waals surface area contributed by atoms with Gasteiger partial charge in [-0.1, -0.05) is 6.07 Å². The van der Waals surface area contributed by atoms with E-state index >= 15 is 0 Å². The quantitative estimate of drug-likeness (QED) is 0.415. The molecule has 0 saturated heterocycles. The van der Waals surface area contributed by atoms with Crippen molar-refractivity contribution >= 4 is 5.69 Å². The monoisotopic (exact) mass is 233 g/mol. The van der Waals surface area contributed by atoms with E-state index in [9.17, 15) is 0 Å². The van der Waals surface area contributed by atoms with Crippen LogP contribution in [0.25, 0.3) is 0 Å². The molecule has 0 spiro atoms. The maximum Gasteiger partial charge on any atom is 0.122 e. The van der Waals surface area contributed by atoms with Crippen molar-refractivity contribution in [3.63, 3.8) is 0 Å². The second-order valence-electron chi connectivity index (χ2n) is 3.51. The maximum atomic E-state index is 8.94. The molecule has 2 aromatic rings. The minimum Gasteiger partial charge on any atom is -0.508 e. The van der Waals surface area contributed by atoms with Crippen molar-refractivity contribution in [1.82, 2.24) is 0 Å². The number of phenols is 3. The van der Waals surface area contributed by atoms with Crippen LogP contribution in [-0.4, -0.2) is 15.3 Å². The summed E-state index contributed by atoms with van der Waals surface area (Å²) in [4.78, 5) is 0. The Morgan fingerprint density at radius 2 is 1.29 bits per heavy atom. The molecular weight excluding hydrogens is 218 g/mol. The lowest BCUT2D eigenvalue weighted by atomic mass is 10.2. The Labute approximate surface area is 99.6 Å². The first-order valence-electron chi connectivity index (χ1n) is 5.02. The molecule has 5 N–H and O–H groups in total. The molecule has 4 nitrogen and oxygen atoms in total. The van der Waals surface area contributed by atoms with E-state index in [2.05, 4.69) is 0 Å². The predicted octanol–water partition coefficient (Wildman–Crippen LogP) is 2.38. The van der Waals surface area contributed by atoms with Crippen LogP contribution in [0.3, 0.4) is 0 Å². The number of phenolic OH excluding ortho intramolecular Hbond substituents is 3. The molecule has 0 atom stereocenters. The third kappa shape index (κ3) is 3.95. The number of hydrogen-bond acceptors (Lipinski definition) is 4. The van der Waals surface area contributed by atoms with E-state index in [4.69, 9.17) is 21.1 Å². The van der Waals surface area contributed by atoms with Crippen LogP contribution in [0.15, 0.2) is 42.5 Å². The van der Waals surface area contributed by atoms with Gasteiger partial charge in [-0.15, -0.1) is 0 Å². The summed E-state index contributed by atoms with van der Waals surface area (Å²) in [5.74, 6) is 0.518. The summed E-state index contributed by atoms with van der Waals surface area (Å²) < 4.78 is 0. The summed E-state index contributed by atoms with van der Waals surface area (Å²) in [5, 5.41) is 26.6. The van der Waals surface area contributed by atoms with Crippen LogP contribution in [0.5, 0.6) is 17.2 Å². The summed E-state index contributed by atoms with van der Waals surface area (Å²) in [7, 11) is 0. The minimum atomic E-state index is 0.134. The highest BCUT2D eigenvalue weighted by Gasteiger charge is 1.97. The number of hydrogen-bond donors (Lipinski definition) is 4. The van der Waals surface area contributed by atoms with Gasteiger partial charge in [-0.3, -0.25) is 0 Å². The first kappa shape index (κ1) is 12.7. The van der Waals surface area contributed by atoms with Crippen molar-refractivity contribution in [2.45, 2.75) is 6.92 Å². The molecule has 90 valence electrons. The first-order chi connectivity index (χ1) is 8.00. The molecule has 2 aromatic carbocycles. The molecule has 0 unspecified atom stereocenters. The van der Waals surface area contributed by atoms with E-state index in [1.807, 2.05) is 0 Å². The van der Waals surface area contributed by atoms with E-state index in [-0.39, 0.29) is 17.2 Å². The van der Waals surface area contributed by atoms with Crippen LogP contribution in [0.1, 0.15) is 5.56 Å². The molecule has 0 aliphatic carbocycles. The average Bonchev–Trinajstić information content (AvgIpc) is 2.31. The lowest BCUT2D eigenvalue weighted by Crippen LogP contribution is -1.80. The highest BCUT2D eigenvalue weighted by atomic mass is 16.3. The molecule has 0 saturated carbocycles. The van der Waals surface area contributed by atoms with Crippen LogP contribution < -0.4 is 5.73 Å². The topological polar surface area (TPSA) is 86.7 Å². The van der Waals surface area contributed by atoms with Crippen LogP contribution in [0, 0.1) is 6.92 Å². The molecular formula is C13H15NO3. The van der Waals surface area contributed by atoms with Crippen molar-refractivity contribution in [3.8, 4) is 17.2 Å². The fraction of sp³-hybridized carbons (Fsp3) is 0.0769. The van der Waals surface area contributed by atoms with Crippen molar-refractivity contribution in [2.24, 2.45) is 0 Å². The Balaban J connectivity index is 0.000000171. The number of benzene rings is 2. The van der Waals surface area contributed by atoms with Crippen molar-refractivity contribution in [3.05, 3.63) is 48.0 Å². The Kier molecular flexibility index (Phi) is 4.22. The SMILES string of the molecule is Cc1c(O)cccc1O.Nc1ccc(O)cc1. The minimum absolute atomic E-state index is 0.134. The fourth-order valence-electron chi connectivity index (χ4n) is 1.09. The Bertz CT molecular complexity index is 439. The Hall–Kier alpha value is -2.36. The van der Waals surface area contributed by atoms with Gasteiger partial charge in [0.2, 0.25) is 0 Å². The van der Waals surface area contributed by atoms with Crippen LogP contribution in [0.4, 0.5) is 5.69 Å². The number of aromatic hydroxyl groups is 3. The highest BCUT2D eigenvalue weighted by molar-refractivity contribution is 5.41. The van der Waals surface area contributed by atoms with E-state index in [0.29, 0.717) is 11.3 Å². The molecule has 0 fully saturated rings. The lowest BCUT2D eigenvalue weighted by molar-refractivity contribution is 0.443. The number of nitrogen functional groups attached to an aromatic ring is 1. The normalized spacial score (nSPS) is 9.24. The zero-order valence-electron chi connectivity index (χ0n) is 9.46. The Morgan fingerprint density at radius 3 is 1.65 bits per heavy atom. The number of anilines is 1. The molecule has 0 radical (unpaired) electrons. The molecule has 0 bridgehead atoms. The van der Waals surface area contributed by atoms with Gasteiger partial charge in [0.25, 0.3) is 0 Å². The van der Waals surface area contributed by atoms with E-state index in [0.717, 1.165) is 0 Å². The zero-order valence-corrected chi connectivity index (χ0v) is 9.46. The standard InChI is InChI=1S/C7H8O2.C6H7NO/c1-5-6(8)3-2-4-7(5)9;7-5-1-3-6(8)4-2-5/h2-4,8-9H,1H3;1-4,8H,7H2. The van der Waals surface area contributed by atoms with E-state index in [1.54, 1.807) is 37.3 Å². The smallest absolute Gasteiger partial charge is 0.122 e. The van der Waals surface area contributed by atoms with E-state index in [1.165, 1.54) is 12.1 Å². The van der Waals surface area contributed by atoms with Gasteiger partial charge >= 0.3 is 0 Å². The molecule has 0 aliphatic rings. The summed E-state index contributed by atoms with van der Waals surface area (Å²) in [5.41, 5.74) is 6.51. The van der Waals surface area contributed by atoms with Gasteiger partial charge in [0.1, 0.15) is 17.2 Å². The van der Waals surface area contributed by atoms with Gasteiger partial charge in [-0.25, -0.2) is 0 Å². The van der Waals surface area contributed by atoms with Crippen molar-refractivity contribution < 1.29 is 15.3 Å². The summed E-state index contributed by atoms with van der Waals surface area (Å²) in [6.07, 6.45) is 0. The molecule has 17 heavy (non-hydrogen) atoms. The Morgan fingerprint density at radius 1 is 0.824 bits per heavy atom. The molecule has 4 heteroatoms. The predicted molar refractivity (Wildman–Crippen MR) is 67.0 cm³/mol. The molecule has 2 rings (SSSR count). The number of rotatable bonds is 0. The third-order valence-electron chi connectivity index (χ3n) is 2.17. The fourth-order valence-corrected chi connectivity index (χ4v) is 1.09. The van der Waals surface area contributed by atoms with Crippen molar-refractivity contribution in [1.29, 1.82) is 0 Å². The maximum absolute atomic E-state index is 8.94. The molecule has 0 amide bonds. The second kappa shape index (κ2) is 5.65.